The van der Waals surface area contributed by atoms with Gasteiger partial charge in [-0.15, -0.1) is 0 Å². The second-order valence-corrected chi connectivity index (χ2v) is 4.99. The van der Waals surface area contributed by atoms with Gasteiger partial charge in [0.05, 0.1) is 0 Å². The van der Waals surface area contributed by atoms with E-state index in [-0.39, 0.29) is 5.91 Å². The van der Waals surface area contributed by atoms with Gasteiger partial charge in [0, 0.05) is 16.6 Å². The van der Waals surface area contributed by atoms with Crippen LogP contribution in [0.1, 0.15) is 21.5 Å². The number of hydrogen-bond donors (Lipinski definition) is 1. The van der Waals surface area contributed by atoms with E-state index in [9.17, 15) is 4.79 Å². The van der Waals surface area contributed by atoms with E-state index in [1.165, 1.54) is 0 Å². The number of rotatable bonds is 3. The van der Waals surface area contributed by atoms with Gasteiger partial charge < -0.3 is 5.32 Å². The zero-order chi connectivity index (χ0) is 13.0. The molecule has 0 aliphatic rings. The molecule has 0 fully saturated rings. The summed E-state index contributed by atoms with van der Waals surface area (Å²) in [7, 11) is 0. The second kappa shape index (κ2) is 5.83. The summed E-state index contributed by atoms with van der Waals surface area (Å²) in [5, 5.41) is 2.91. The molecular weight excluding hydrogens is 290 g/mol. The van der Waals surface area contributed by atoms with Gasteiger partial charge in [-0.1, -0.05) is 46.3 Å². The van der Waals surface area contributed by atoms with Gasteiger partial charge in [-0.2, -0.15) is 0 Å². The highest BCUT2D eigenvalue weighted by molar-refractivity contribution is 9.10. The normalized spacial score (nSPS) is 10.1. The Morgan fingerprint density at radius 3 is 2.56 bits per heavy atom. The number of carbonyl (C=O) groups excluding carboxylic acids is 1. The van der Waals surface area contributed by atoms with E-state index in [0.29, 0.717) is 12.1 Å². The van der Waals surface area contributed by atoms with Gasteiger partial charge in [-0.3, -0.25) is 4.79 Å². The summed E-state index contributed by atoms with van der Waals surface area (Å²) < 4.78 is 1.02. The summed E-state index contributed by atoms with van der Waals surface area (Å²) >= 11 is 3.42. The average molecular weight is 304 g/mol. The molecular formula is C15H14BrNO. The third-order valence-electron chi connectivity index (χ3n) is 2.72. The van der Waals surface area contributed by atoms with E-state index in [1.54, 1.807) is 0 Å². The number of halogens is 1. The molecule has 92 valence electrons. The minimum atomic E-state index is -0.0468. The minimum Gasteiger partial charge on any atom is -0.348 e. The molecule has 0 atom stereocenters. The Balaban J connectivity index is 2.02. The van der Waals surface area contributed by atoms with E-state index < -0.39 is 0 Å². The zero-order valence-electron chi connectivity index (χ0n) is 10.1. The monoisotopic (exact) mass is 303 g/mol. The molecule has 2 aromatic rings. The largest absolute Gasteiger partial charge is 0.348 e. The summed E-state index contributed by atoms with van der Waals surface area (Å²) in [6, 6.07) is 15.5. The lowest BCUT2D eigenvalue weighted by molar-refractivity contribution is 0.0951. The quantitative estimate of drug-likeness (QED) is 0.920. The lowest BCUT2D eigenvalue weighted by atomic mass is 10.1. The van der Waals surface area contributed by atoms with Crippen LogP contribution in [0.25, 0.3) is 0 Å². The molecule has 0 aromatic heterocycles. The van der Waals surface area contributed by atoms with Crippen LogP contribution in [0.4, 0.5) is 0 Å². The van der Waals surface area contributed by atoms with Gasteiger partial charge in [-0.05, 0) is 36.2 Å². The van der Waals surface area contributed by atoms with Crippen LogP contribution in [0.2, 0.25) is 0 Å². The Morgan fingerprint density at radius 1 is 1.17 bits per heavy atom. The van der Waals surface area contributed by atoms with Gasteiger partial charge >= 0.3 is 0 Å². The second-order valence-electron chi connectivity index (χ2n) is 4.13. The number of carbonyl (C=O) groups is 1. The van der Waals surface area contributed by atoms with E-state index >= 15 is 0 Å². The highest BCUT2D eigenvalue weighted by Gasteiger charge is 2.06. The molecule has 0 aliphatic heterocycles. The standard InChI is InChI=1S/C15H14BrNO/c1-11-9-13(7-8-14(11)16)15(18)17-10-12-5-3-2-4-6-12/h2-9H,10H2,1H3,(H,17,18). The third kappa shape index (κ3) is 3.20. The van der Waals surface area contributed by atoms with Crippen LogP contribution >= 0.6 is 15.9 Å². The number of hydrogen-bond acceptors (Lipinski definition) is 1. The Bertz CT molecular complexity index is 552. The van der Waals surface area contributed by atoms with Gasteiger partial charge in [0.15, 0.2) is 0 Å². The lowest BCUT2D eigenvalue weighted by Gasteiger charge is -2.06. The molecule has 0 bridgehead atoms. The SMILES string of the molecule is Cc1cc(C(=O)NCc2ccccc2)ccc1Br. The molecule has 2 nitrogen and oxygen atoms in total. The molecule has 3 heteroatoms. The van der Waals surface area contributed by atoms with Crippen molar-refractivity contribution in [2.45, 2.75) is 13.5 Å². The molecule has 0 unspecified atom stereocenters. The Labute approximate surface area is 115 Å². The van der Waals surface area contributed by atoms with Crippen molar-refractivity contribution >= 4 is 21.8 Å². The van der Waals surface area contributed by atoms with E-state index in [0.717, 1.165) is 15.6 Å². The van der Waals surface area contributed by atoms with Crippen molar-refractivity contribution in [2.75, 3.05) is 0 Å². The molecule has 0 radical (unpaired) electrons. The molecule has 0 aliphatic carbocycles. The minimum absolute atomic E-state index is 0.0468. The number of benzene rings is 2. The van der Waals surface area contributed by atoms with Crippen molar-refractivity contribution in [1.82, 2.24) is 5.32 Å². The zero-order valence-corrected chi connectivity index (χ0v) is 11.7. The lowest BCUT2D eigenvalue weighted by Crippen LogP contribution is -2.22. The molecule has 1 N–H and O–H groups in total. The van der Waals surface area contributed by atoms with E-state index in [4.69, 9.17) is 0 Å². The van der Waals surface area contributed by atoms with Crippen LogP contribution in [0.15, 0.2) is 53.0 Å². The van der Waals surface area contributed by atoms with Crippen molar-refractivity contribution in [3.8, 4) is 0 Å². The van der Waals surface area contributed by atoms with Crippen LogP contribution in [-0.4, -0.2) is 5.91 Å². The van der Waals surface area contributed by atoms with Crippen molar-refractivity contribution in [3.63, 3.8) is 0 Å². The van der Waals surface area contributed by atoms with Crippen LogP contribution in [0.3, 0.4) is 0 Å². The summed E-state index contributed by atoms with van der Waals surface area (Å²) in [5.74, 6) is -0.0468. The predicted molar refractivity (Wildman–Crippen MR) is 76.5 cm³/mol. The van der Waals surface area contributed by atoms with Crippen molar-refractivity contribution in [1.29, 1.82) is 0 Å². The molecule has 0 saturated carbocycles. The van der Waals surface area contributed by atoms with E-state index in [1.807, 2.05) is 55.5 Å². The fourth-order valence-electron chi connectivity index (χ4n) is 1.67. The van der Waals surface area contributed by atoms with Crippen LogP contribution in [0.5, 0.6) is 0 Å². The highest BCUT2D eigenvalue weighted by Crippen LogP contribution is 2.17. The van der Waals surface area contributed by atoms with Gasteiger partial charge in [0.2, 0.25) is 0 Å². The molecule has 18 heavy (non-hydrogen) atoms. The average Bonchev–Trinajstić information content (AvgIpc) is 2.40. The van der Waals surface area contributed by atoms with Crippen molar-refractivity contribution in [3.05, 3.63) is 69.7 Å². The molecule has 2 rings (SSSR count). The Kier molecular flexibility index (Phi) is 4.15. The fraction of sp³-hybridized carbons (Fsp3) is 0.133. The van der Waals surface area contributed by atoms with Crippen LogP contribution in [-0.2, 0) is 6.54 Å². The number of aryl methyl sites for hydroxylation is 1. The summed E-state index contributed by atoms with van der Waals surface area (Å²) in [6.07, 6.45) is 0. The molecule has 0 heterocycles. The summed E-state index contributed by atoms with van der Waals surface area (Å²) in [5.41, 5.74) is 2.84. The van der Waals surface area contributed by atoms with Gasteiger partial charge in [-0.25, -0.2) is 0 Å². The smallest absolute Gasteiger partial charge is 0.251 e. The first-order valence-corrected chi connectivity index (χ1v) is 6.54. The molecule has 0 saturated heterocycles. The summed E-state index contributed by atoms with van der Waals surface area (Å²) in [4.78, 5) is 12.0. The fourth-order valence-corrected chi connectivity index (χ4v) is 1.91. The first-order chi connectivity index (χ1) is 8.66. The van der Waals surface area contributed by atoms with Gasteiger partial charge in [0.25, 0.3) is 5.91 Å². The first kappa shape index (κ1) is 12.8. The predicted octanol–water partition coefficient (Wildman–Crippen LogP) is 3.69. The summed E-state index contributed by atoms with van der Waals surface area (Å²) in [6.45, 7) is 2.52. The maximum atomic E-state index is 12.0. The topological polar surface area (TPSA) is 29.1 Å². The van der Waals surface area contributed by atoms with Crippen molar-refractivity contribution < 1.29 is 4.79 Å². The molecule has 1 amide bonds. The maximum absolute atomic E-state index is 12.0. The molecule has 2 aromatic carbocycles. The van der Waals surface area contributed by atoms with Crippen LogP contribution in [0, 0.1) is 6.92 Å². The highest BCUT2D eigenvalue weighted by atomic mass is 79.9. The third-order valence-corrected chi connectivity index (χ3v) is 3.61. The van der Waals surface area contributed by atoms with E-state index in [2.05, 4.69) is 21.2 Å². The van der Waals surface area contributed by atoms with Gasteiger partial charge in [0.1, 0.15) is 0 Å². The first-order valence-electron chi connectivity index (χ1n) is 5.75. The van der Waals surface area contributed by atoms with Crippen molar-refractivity contribution in [2.24, 2.45) is 0 Å². The Hall–Kier alpha value is -1.61. The number of nitrogens with one attached hydrogen (secondary N) is 1. The van der Waals surface area contributed by atoms with Crippen LogP contribution < -0.4 is 5.32 Å². The number of amides is 1. The molecule has 0 spiro atoms. The Morgan fingerprint density at radius 2 is 1.89 bits per heavy atom. The maximum Gasteiger partial charge on any atom is 0.251 e.